The van der Waals surface area contributed by atoms with E-state index in [-0.39, 0.29) is 5.91 Å². The molecule has 0 aliphatic carbocycles. The molecule has 1 aromatic rings. The van der Waals surface area contributed by atoms with Gasteiger partial charge in [0.05, 0.1) is 16.5 Å². The predicted molar refractivity (Wildman–Crippen MR) is 111 cm³/mol. The lowest BCUT2D eigenvalue weighted by Crippen LogP contribution is -2.47. The molecule has 3 nitrogen and oxygen atoms in total. The molecule has 140 valence electrons. The van der Waals surface area contributed by atoms with Gasteiger partial charge in [-0.15, -0.1) is 0 Å². The average molecular weight is 382 g/mol. The van der Waals surface area contributed by atoms with Crippen molar-refractivity contribution in [1.82, 2.24) is 0 Å². The minimum absolute atomic E-state index is 0.134. The Morgan fingerprint density at radius 2 is 1.56 bits per heavy atom. The number of rotatable bonds is 7. The zero-order chi connectivity index (χ0) is 19.4. The van der Waals surface area contributed by atoms with Crippen molar-refractivity contribution in [2.75, 3.05) is 11.9 Å². The molecule has 0 unspecified atom stereocenters. The number of nitrogens with zero attached hydrogens (tertiary/aromatic N) is 1. The number of anilines is 1. The van der Waals surface area contributed by atoms with Gasteiger partial charge in [0.25, 0.3) is 14.2 Å². The molecule has 0 fully saturated rings. The van der Waals surface area contributed by atoms with Crippen LogP contribution in [0.5, 0.6) is 0 Å². The standard InChI is InChI=1S/C20H32ClNO2Si/c1-14(2)25(15(3)4,16(5)6)24-17(7)13-20(23)22(8)19-12-10-9-11-18(19)21/h9-16H,1-8H3/b17-13+. The average Bonchev–Trinajstić information content (AvgIpc) is 2.51. The van der Waals surface area contributed by atoms with Crippen LogP contribution in [0.2, 0.25) is 21.6 Å². The summed E-state index contributed by atoms with van der Waals surface area (Å²) in [4.78, 5) is 14.2. The van der Waals surface area contributed by atoms with Crippen LogP contribution in [-0.2, 0) is 9.22 Å². The van der Waals surface area contributed by atoms with E-state index in [1.54, 1.807) is 24.1 Å². The smallest absolute Gasteiger partial charge is 0.258 e. The molecule has 1 aromatic carbocycles. The molecule has 25 heavy (non-hydrogen) atoms. The summed E-state index contributed by atoms with van der Waals surface area (Å²) in [5.41, 5.74) is 2.09. The van der Waals surface area contributed by atoms with E-state index in [0.29, 0.717) is 33.1 Å². The maximum absolute atomic E-state index is 12.6. The minimum atomic E-state index is -2.05. The summed E-state index contributed by atoms with van der Waals surface area (Å²) in [5, 5.41) is 0.556. The van der Waals surface area contributed by atoms with Gasteiger partial charge < -0.3 is 9.33 Å². The van der Waals surface area contributed by atoms with Crippen molar-refractivity contribution in [3.05, 3.63) is 41.1 Å². The van der Waals surface area contributed by atoms with Crippen LogP contribution in [0.1, 0.15) is 48.5 Å². The van der Waals surface area contributed by atoms with E-state index in [9.17, 15) is 4.79 Å². The van der Waals surface area contributed by atoms with Crippen LogP contribution in [0.4, 0.5) is 5.69 Å². The molecule has 1 rings (SSSR count). The molecule has 0 radical (unpaired) electrons. The SMILES string of the molecule is C/C(=C\C(=O)N(C)c1ccccc1Cl)O[Si](C(C)C)(C(C)C)C(C)C. The molecule has 0 aliphatic rings. The molecule has 5 heteroatoms. The molecule has 0 bridgehead atoms. The first-order valence-corrected chi connectivity index (χ1v) is 11.4. The van der Waals surface area contributed by atoms with Crippen LogP contribution >= 0.6 is 11.6 Å². The van der Waals surface area contributed by atoms with Crippen LogP contribution in [0.15, 0.2) is 36.1 Å². The van der Waals surface area contributed by atoms with E-state index in [1.165, 1.54) is 0 Å². The number of halogens is 1. The minimum Gasteiger partial charge on any atom is -0.546 e. The highest BCUT2D eigenvalue weighted by Gasteiger charge is 2.47. The summed E-state index contributed by atoms with van der Waals surface area (Å²) in [6, 6.07) is 7.33. The van der Waals surface area contributed by atoms with Crippen LogP contribution in [0, 0.1) is 0 Å². The van der Waals surface area contributed by atoms with Gasteiger partial charge in [-0.3, -0.25) is 4.79 Å². The topological polar surface area (TPSA) is 29.5 Å². The third-order valence-electron chi connectivity index (χ3n) is 4.92. The molecule has 0 aliphatic heterocycles. The van der Waals surface area contributed by atoms with Crippen molar-refractivity contribution in [2.24, 2.45) is 0 Å². The van der Waals surface area contributed by atoms with Crippen molar-refractivity contribution < 1.29 is 9.22 Å². The molecular formula is C20H32ClNO2Si. The van der Waals surface area contributed by atoms with Gasteiger partial charge in [0.1, 0.15) is 0 Å². The number of carbonyl (C=O) groups is 1. The molecule has 0 atom stereocenters. The second-order valence-corrected chi connectivity index (χ2v) is 13.3. The zero-order valence-electron chi connectivity index (χ0n) is 16.8. The Morgan fingerprint density at radius 1 is 1.08 bits per heavy atom. The van der Waals surface area contributed by atoms with Crippen molar-refractivity contribution in [1.29, 1.82) is 0 Å². The normalized spacial score (nSPS) is 12.9. The van der Waals surface area contributed by atoms with E-state index in [2.05, 4.69) is 41.5 Å². The fourth-order valence-electron chi connectivity index (χ4n) is 3.78. The third kappa shape index (κ3) is 4.89. The van der Waals surface area contributed by atoms with E-state index in [0.717, 1.165) is 0 Å². The number of amides is 1. The number of carbonyl (C=O) groups excluding carboxylic acids is 1. The number of para-hydroxylation sites is 1. The highest BCUT2D eigenvalue weighted by Crippen LogP contribution is 2.43. The summed E-state index contributed by atoms with van der Waals surface area (Å²) in [5.74, 6) is 0.552. The Labute approximate surface area is 159 Å². The Hall–Kier alpha value is -1.26. The lowest BCUT2D eigenvalue weighted by Gasteiger charge is -2.42. The Bertz CT molecular complexity index is 604. The van der Waals surface area contributed by atoms with Crippen molar-refractivity contribution in [3.8, 4) is 0 Å². The maximum atomic E-state index is 12.6. The van der Waals surface area contributed by atoms with Crippen molar-refractivity contribution in [2.45, 2.75) is 65.1 Å². The van der Waals surface area contributed by atoms with Gasteiger partial charge in [-0.05, 0) is 35.7 Å². The van der Waals surface area contributed by atoms with Crippen LogP contribution in [0.25, 0.3) is 0 Å². The molecule has 0 N–H and O–H groups in total. The van der Waals surface area contributed by atoms with Gasteiger partial charge >= 0.3 is 0 Å². The van der Waals surface area contributed by atoms with Gasteiger partial charge in [0, 0.05) is 13.1 Å². The Balaban J connectivity index is 3.06. The van der Waals surface area contributed by atoms with E-state index < -0.39 is 8.32 Å². The van der Waals surface area contributed by atoms with Gasteiger partial charge in [-0.25, -0.2) is 0 Å². The summed E-state index contributed by atoms with van der Waals surface area (Å²) < 4.78 is 6.53. The molecule has 0 spiro atoms. The number of hydrogen-bond donors (Lipinski definition) is 0. The number of benzene rings is 1. The highest BCUT2D eigenvalue weighted by atomic mass is 35.5. The fraction of sp³-hybridized carbons (Fsp3) is 0.550. The van der Waals surface area contributed by atoms with Crippen LogP contribution in [0.3, 0.4) is 0 Å². The largest absolute Gasteiger partial charge is 0.546 e. The van der Waals surface area contributed by atoms with Crippen LogP contribution < -0.4 is 4.90 Å². The highest BCUT2D eigenvalue weighted by molar-refractivity contribution is 6.77. The summed E-state index contributed by atoms with van der Waals surface area (Å²) >= 11 is 6.19. The first-order valence-electron chi connectivity index (χ1n) is 8.93. The van der Waals surface area contributed by atoms with Crippen LogP contribution in [-0.4, -0.2) is 21.3 Å². The maximum Gasteiger partial charge on any atom is 0.258 e. The van der Waals surface area contributed by atoms with Gasteiger partial charge in [0.15, 0.2) is 0 Å². The van der Waals surface area contributed by atoms with E-state index in [1.807, 2.05) is 25.1 Å². The van der Waals surface area contributed by atoms with Crippen molar-refractivity contribution in [3.63, 3.8) is 0 Å². The second-order valence-electron chi connectivity index (χ2n) is 7.52. The first kappa shape index (κ1) is 21.8. The van der Waals surface area contributed by atoms with E-state index >= 15 is 0 Å². The summed E-state index contributed by atoms with van der Waals surface area (Å²) in [7, 11) is -0.320. The molecule has 0 aromatic heterocycles. The van der Waals surface area contributed by atoms with E-state index in [4.69, 9.17) is 16.0 Å². The van der Waals surface area contributed by atoms with Gasteiger partial charge in [0.2, 0.25) is 0 Å². The quantitative estimate of drug-likeness (QED) is 0.310. The molecule has 0 heterocycles. The lowest BCUT2D eigenvalue weighted by molar-refractivity contribution is -0.114. The number of likely N-dealkylation sites (N-methyl/N-ethyl adjacent to an activating group) is 1. The Kier molecular flexibility index (Phi) is 7.76. The van der Waals surface area contributed by atoms with Crippen molar-refractivity contribution >= 4 is 31.5 Å². The monoisotopic (exact) mass is 381 g/mol. The third-order valence-corrected chi connectivity index (χ3v) is 11.3. The summed E-state index contributed by atoms with van der Waals surface area (Å²) in [6.45, 7) is 15.3. The molecule has 0 saturated heterocycles. The lowest BCUT2D eigenvalue weighted by atomic mass is 10.3. The van der Waals surface area contributed by atoms with Gasteiger partial charge in [-0.1, -0.05) is 65.3 Å². The number of allylic oxidation sites excluding steroid dienone is 1. The predicted octanol–water partition coefficient (Wildman–Crippen LogP) is 6.40. The number of hydrogen-bond acceptors (Lipinski definition) is 2. The Morgan fingerprint density at radius 3 is 2.00 bits per heavy atom. The zero-order valence-corrected chi connectivity index (χ0v) is 18.5. The second kappa shape index (κ2) is 8.90. The molecule has 1 amide bonds. The first-order chi connectivity index (χ1) is 11.5. The molecular weight excluding hydrogens is 350 g/mol. The fourth-order valence-corrected chi connectivity index (χ4v) is 9.36. The molecule has 0 saturated carbocycles. The summed E-state index contributed by atoms with van der Waals surface area (Å²) in [6.07, 6.45) is 1.58. The van der Waals surface area contributed by atoms with Gasteiger partial charge in [-0.2, -0.15) is 0 Å².